The van der Waals surface area contributed by atoms with Crippen molar-refractivity contribution in [3.05, 3.63) is 56.5 Å². The minimum atomic E-state index is 0.463. The lowest BCUT2D eigenvalue weighted by Gasteiger charge is -2.21. The first-order valence-corrected chi connectivity index (χ1v) is 10.1. The van der Waals surface area contributed by atoms with Crippen molar-refractivity contribution in [2.24, 2.45) is 0 Å². The lowest BCUT2D eigenvalue weighted by atomic mass is 9.86. The first-order valence-electron chi connectivity index (χ1n) is 8.50. The van der Waals surface area contributed by atoms with Gasteiger partial charge in [0.2, 0.25) is 0 Å². The number of rotatable bonds is 2. The highest BCUT2D eigenvalue weighted by molar-refractivity contribution is 9.13. The van der Waals surface area contributed by atoms with Crippen LogP contribution in [0.5, 0.6) is 0 Å². The number of hydrogen-bond acceptors (Lipinski definition) is 0. The molecule has 2 heteroatoms. The Labute approximate surface area is 159 Å². The second kappa shape index (κ2) is 5.71. The summed E-state index contributed by atoms with van der Waals surface area (Å²) in [6.07, 6.45) is 0. The minimum Gasteiger partial charge on any atom is -0.0587 e. The lowest BCUT2D eigenvalue weighted by molar-refractivity contribution is 0.870. The van der Waals surface area contributed by atoms with E-state index in [2.05, 4.69) is 96.0 Å². The molecule has 0 radical (unpaired) electrons. The van der Waals surface area contributed by atoms with Gasteiger partial charge in [-0.1, -0.05) is 64.1 Å². The maximum absolute atomic E-state index is 3.84. The molecule has 0 atom stereocenters. The fourth-order valence-corrected chi connectivity index (χ4v) is 5.43. The molecule has 0 spiro atoms. The molecule has 122 valence electrons. The molecule has 0 aliphatic heterocycles. The second-order valence-electron chi connectivity index (χ2n) is 7.25. The van der Waals surface area contributed by atoms with Gasteiger partial charge in [0.05, 0.1) is 0 Å². The molecule has 0 unspecified atom stereocenters. The molecule has 4 aromatic carbocycles. The van der Waals surface area contributed by atoms with E-state index >= 15 is 0 Å². The molecule has 0 saturated carbocycles. The number of halogens is 2. The highest BCUT2D eigenvalue weighted by Crippen LogP contribution is 2.46. The summed E-state index contributed by atoms with van der Waals surface area (Å²) in [5.74, 6) is 0.985. The average Bonchev–Trinajstić information content (AvgIpc) is 2.55. The maximum Gasteiger partial charge on any atom is 0.0399 e. The third-order valence-electron chi connectivity index (χ3n) is 5.10. The van der Waals surface area contributed by atoms with Crippen molar-refractivity contribution in [2.45, 2.75) is 39.5 Å². The van der Waals surface area contributed by atoms with Crippen molar-refractivity contribution in [3.63, 3.8) is 0 Å². The summed E-state index contributed by atoms with van der Waals surface area (Å²) in [5, 5.41) is 8.19. The van der Waals surface area contributed by atoms with Gasteiger partial charge in [-0.25, -0.2) is 0 Å². The van der Waals surface area contributed by atoms with Crippen LogP contribution in [-0.2, 0) is 0 Å². The molecule has 0 fully saturated rings. The van der Waals surface area contributed by atoms with Crippen LogP contribution in [0.4, 0.5) is 0 Å². The summed E-state index contributed by atoms with van der Waals surface area (Å²) < 4.78 is 2.36. The van der Waals surface area contributed by atoms with Crippen molar-refractivity contribution >= 4 is 64.2 Å². The van der Waals surface area contributed by atoms with E-state index < -0.39 is 0 Å². The Kier molecular flexibility index (Phi) is 3.89. The van der Waals surface area contributed by atoms with E-state index in [4.69, 9.17) is 0 Å². The number of hydrogen-bond donors (Lipinski definition) is 0. The van der Waals surface area contributed by atoms with Gasteiger partial charge in [-0.15, -0.1) is 0 Å². The molecule has 0 aromatic heterocycles. The summed E-state index contributed by atoms with van der Waals surface area (Å²) in [6, 6.07) is 13.7. The van der Waals surface area contributed by atoms with Gasteiger partial charge in [0.25, 0.3) is 0 Å². The normalized spacial score (nSPS) is 12.5. The van der Waals surface area contributed by atoms with E-state index in [0.29, 0.717) is 11.8 Å². The lowest BCUT2D eigenvalue weighted by Crippen LogP contribution is -1.97. The first-order chi connectivity index (χ1) is 11.4. The molecule has 0 heterocycles. The maximum atomic E-state index is 3.84. The van der Waals surface area contributed by atoms with Crippen molar-refractivity contribution in [3.8, 4) is 0 Å². The van der Waals surface area contributed by atoms with E-state index in [1.807, 2.05) is 0 Å². The van der Waals surface area contributed by atoms with Gasteiger partial charge < -0.3 is 0 Å². The van der Waals surface area contributed by atoms with Gasteiger partial charge in [-0.3, -0.25) is 0 Å². The Balaban J connectivity index is 2.34. The largest absolute Gasteiger partial charge is 0.0587 e. The molecular formula is C22H20Br2. The minimum absolute atomic E-state index is 0.463. The van der Waals surface area contributed by atoms with Gasteiger partial charge in [-0.2, -0.15) is 0 Å². The molecule has 24 heavy (non-hydrogen) atoms. The number of benzene rings is 4. The van der Waals surface area contributed by atoms with Crippen LogP contribution in [-0.4, -0.2) is 0 Å². The molecule has 4 rings (SSSR count). The van der Waals surface area contributed by atoms with Gasteiger partial charge >= 0.3 is 0 Å². The smallest absolute Gasteiger partial charge is 0.0399 e. The molecule has 4 aromatic rings. The molecule has 0 aliphatic carbocycles. The molecular weight excluding hydrogens is 424 g/mol. The van der Waals surface area contributed by atoms with E-state index in [9.17, 15) is 0 Å². The van der Waals surface area contributed by atoms with Crippen LogP contribution in [0.1, 0.15) is 50.7 Å². The van der Waals surface area contributed by atoms with Gasteiger partial charge in [0.15, 0.2) is 0 Å². The SMILES string of the molecule is CC(C)c1ccc2ccc3c(C(C)C)c(Br)c(Br)c4ccc1c2c43. The quantitative estimate of drug-likeness (QED) is 0.273. The Morgan fingerprint density at radius 1 is 0.625 bits per heavy atom. The molecule has 0 amide bonds. The zero-order valence-electron chi connectivity index (χ0n) is 14.4. The summed E-state index contributed by atoms with van der Waals surface area (Å²) in [5.41, 5.74) is 2.82. The Bertz CT molecular complexity index is 1070. The predicted octanol–water partition coefficient (Wildman–Crippen LogP) is 8.36. The Morgan fingerprint density at radius 3 is 1.92 bits per heavy atom. The summed E-state index contributed by atoms with van der Waals surface area (Å²) in [6.45, 7) is 9.09. The van der Waals surface area contributed by atoms with Gasteiger partial charge in [0.1, 0.15) is 0 Å². The van der Waals surface area contributed by atoms with E-state index in [0.717, 1.165) is 0 Å². The molecule has 0 bridgehead atoms. The first kappa shape index (κ1) is 16.4. The van der Waals surface area contributed by atoms with E-state index in [-0.39, 0.29) is 0 Å². The van der Waals surface area contributed by atoms with Gasteiger partial charge in [-0.05, 0) is 87.1 Å². The third kappa shape index (κ3) is 2.16. The fraction of sp³-hybridized carbons (Fsp3) is 0.273. The molecule has 0 nitrogen and oxygen atoms in total. The van der Waals surface area contributed by atoms with E-state index in [1.165, 1.54) is 52.4 Å². The van der Waals surface area contributed by atoms with Crippen LogP contribution in [0, 0.1) is 0 Å². The van der Waals surface area contributed by atoms with Crippen LogP contribution in [0.2, 0.25) is 0 Å². The monoisotopic (exact) mass is 442 g/mol. The summed E-state index contributed by atoms with van der Waals surface area (Å²) in [7, 11) is 0. The summed E-state index contributed by atoms with van der Waals surface area (Å²) >= 11 is 7.68. The van der Waals surface area contributed by atoms with Crippen LogP contribution < -0.4 is 0 Å². The van der Waals surface area contributed by atoms with Crippen molar-refractivity contribution in [1.29, 1.82) is 0 Å². The highest BCUT2D eigenvalue weighted by Gasteiger charge is 2.20. The Hall–Kier alpha value is -1.12. The second-order valence-corrected chi connectivity index (χ2v) is 8.84. The van der Waals surface area contributed by atoms with Crippen LogP contribution in [0.3, 0.4) is 0 Å². The van der Waals surface area contributed by atoms with Crippen molar-refractivity contribution in [2.75, 3.05) is 0 Å². The van der Waals surface area contributed by atoms with Crippen molar-refractivity contribution < 1.29 is 0 Å². The standard InChI is InChI=1S/C22H20Br2/c1-11(2)14-7-5-13-6-8-16-18(12(3)4)22(24)21(23)17-10-9-15(14)19(13)20(16)17/h5-12H,1-4H3. The topological polar surface area (TPSA) is 0 Å². The molecule has 0 saturated heterocycles. The third-order valence-corrected chi connectivity index (χ3v) is 7.28. The zero-order valence-corrected chi connectivity index (χ0v) is 17.5. The van der Waals surface area contributed by atoms with E-state index in [1.54, 1.807) is 0 Å². The predicted molar refractivity (Wildman–Crippen MR) is 114 cm³/mol. The fourth-order valence-electron chi connectivity index (χ4n) is 4.00. The average molecular weight is 444 g/mol. The molecule has 0 aliphatic rings. The highest BCUT2D eigenvalue weighted by atomic mass is 79.9. The Morgan fingerprint density at radius 2 is 1.25 bits per heavy atom. The van der Waals surface area contributed by atoms with Crippen molar-refractivity contribution in [1.82, 2.24) is 0 Å². The van der Waals surface area contributed by atoms with Crippen LogP contribution in [0.15, 0.2) is 45.3 Å². The van der Waals surface area contributed by atoms with Crippen LogP contribution in [0.25, 0.3) is 32.3 Å². The molecule has 0 N–H and O–H groups in total. The van der Waals surface area contributed by atoms with Crippen LogP contribution >= 0.6 is 31.9 Å². The summed E-state index contributed by atoms with van der Waals surface area (Å²) in [4.78, 5) is 0. The van der Waals surface area contributed by atoms with Gasteiger partial charge in [0, 0.05) is 8.95 Å². The zero-order chi connectivity index (χ0) is 17.2.